The van der Waals surface area contributed by atoms with E-state index >= 15 is 0 Å². The summed E-state index contributed by atoms with van der Waals surface area (Å²) in [6, 6.07) is 12.1. The standard InChI is InChI=1S/C15H10FIN2OS/c16-8-4-3-7-11-12(8)13(18)14(21-11)15(20)19-10-6-2-1-5-9(10)17/h1-7H,18H2,(H,19,20). The Morgan fingerprint density at radius 1 is 1.19 bits per heavy atom. The second kappa shape index (κ2) is 5.61. The fourth-order valence-corrected chi connectivity index (χ4v) is 3.59. The molecule has 6 heteroatoms. The van der Waals surface area contributed by atoms with Crippen molar-refractivity contribution < 1.29 is 9.18 Å². The zero-order valence-corrected chi connectivity index (χ0v) is 13.7. The average Bonchev–Trinajstić information content (AvgIpc) is 2.80. The van der Waals surface area contributed by atoms with Gasteiger partial charge in [-0.05, 0) is 46.9 Å². The minimum Gasteiger partial charge on any atom is -0.397 e. The minimum atomic E-state index is -0.408. The van der Waals surface area contributed by atoms with Crippen molar-refractivity contribution in [3.63, 3.8) is 0 Å². The van der Waals surface area contributed by atoms with Gasteiger partial charge in [0.1, 0.15) is 10.7 Å². The highest BCUT2D eigenvalue weighted by Crippen LogP contribution is 2.35. The van der Waals surface area contributed by atoms with Crippen LogP contribution in [0.2, 0.25) is 0 Å². The van der Waals surface area contributed by atoms with Gasteiger partial charge in [-0.2, -0.15) is 0 Å². The Hall–Kier alpha value is -1.67. The molecular formula is C15H10FIN2OS. The third-order valence-corrected chi connectivity index (χ3v) is 5.14. The van der Waals surface area contributed by atoms with Crippen molar-refractivity contribution >= 4 is 61.3 Å². The number of halogens is 2. The van der Waals surface area contributed by atoms with Crippen LogP contribution in [0.1, 0.15) is 9.67 Å². The normalized spacial score (nSPS) is 10.8. The van der Waals surface area contributed by atoms with Crippen molar-refractivity contribution in [1.82, 2.24) is 0 Å². The lowest BCUT2D eigenvalue weighted by atomic mass is 10.2. The Kier molecular flexibility index (Phi) is 3.81. The van der Waals surface area contributed by atoms with Gasteiger partial charge in [-0.15, -0.1) is 11.3 Å². The molecule has 0 aliphatic heterocycles. The third kappa shape index (κ3) is 2.60. The first-order valence-electron chi connectivity index (χ1n) is 6.10. The SMILES string of the molecule is Nc1c(C(=O)Nc2ccccc2I)sc2cccc(F)c12. The summed E-state index contributed by atoms with van der Waals surface area (Å²) in [6.45, 7) is 0. The number of fused-ring (bicyclic) bond motifs is 1. The molecule has 1 amide bonds. The molecule has 0 radical (unpaired) electrons. The van der Waals surface area contributed by atoms with E-state index in [4.69, 9.17) is 5.73 Å². The Morgan fingerprint density at radius 3 is 2.67 bits per heavy atom. The lowest BCUT2D eigenvalue weighted by Gasteiger charge is -2.06. The van der Waals surface area contributed by atoms with Crippen molar-refractivity contribution in [2.75, 3.05) is 11.1 Å². The number of hydrogen-bond acceptors (Lipinski definition) is 3. The summed E-state index contributed by atoms with van der Waals surface area (Å²) in [6.07, 6.45) is 0. The van der Waals surface area contributed by atoms with Crippen molar-refractivity contribution in [3.05, 3.63) is 56.7 Å². The number of nitrogens with one attached hydrogen (secondary N) is 1. The number of nitrogens with two attached hydrogens (primary N) is 1. The topological polar surface area (TPSA) is 55.1 Å². The van der Waals surface area contributed by atoms with Gasteiger partial charge in [0, 0.05) is 8.27 Å². The number of carbonyl (C=O) groups is 1. The Labute approximate surface area is 138 Å². The summed E-state index contributed by atoms with van der Waals surface area (Å²) in [5.74, 6) is -0.730. The number of carbonyl (C=O) groups excluding carboxylic acids is 1. The van der Waals surface area contributed by atoms with Crippen LogP contribution >= 0.6 is 33.9 Å². The van der Waals surface area contributed by atoms with Crippen LogP contribution in [0.15, 0.2) is 42.5 Å². The largest absolute Gasteiger partial charge is 0.397 e. The molecule has 0 spiro atoms. The second-order valence-corrected chi connectivity index (χ2v) is 6.61. The zero-order chi connectivity index (χ0) is 15.0. The summed E-state index contributed by atoms with van der Waals surface area (Å²) >= 11 is 3.33. The monoisotopic (exact) mass is 412 g/mol. The van der Waals surface area contributed by atoms with Gasteiger partial charge in [-0.25, -0.2) is 4.39 Å². The molecule has 0 bridgehead atoms. The number of hydrogen-bond donors (Lipinski definition) is 2. The predicted octanol–water partition coefficient (Wildman–Crippen LogP) is 4.48. The van der Waals surface area contributed by atoms with Crippen LogP contribution in [-0.2, 0) is 0 Å². The van der Waals surface area contributed by atoms with Crippen LogP contribution in [0.5, 0.6) is 0 Å². The fourth-order valence-electron chi connectivity index (χ4n) is 2.04. The van der Waals surface area contributed by atoms with Crippen LogP contribution in [-0.4, -0.2) is 5.91 Å². The Bertz CT molecular complexity index is 847. The Morgan fingerprint density at radius 2 is 1.95 bits per heavy atom. The molecule has 0 saturated heterocycles. The molecular weight excluding hydrogens is 402 g/mol. The summed E-state index contributed by atoms with van der Waals surface area (Å²) < 4.78 is 15.4. The van der Waals surface area contributed by atoms with E-state index in [9.17, 15) is 9.18 Å². The van der Waals surface area contributed by atoms with Crippen molar-refractivity contribution in [2.45, 2.75) is 0 Å². The number of rotatable bonds is 2. The van der Waals surface area contributed by atoms with E-state index in [0.717, 1.165) is 3.57 Å². The fraction of sp³-hybridized carbons (Fsp3) is 0. The lowest BCUT2D eigenvalue weighted by Crippen LogP contribution is -2.12. The van der Waals surface area contributed by atoms with Crippen molar-refractivity contribution in [3.8, 4) is 0 Å². The molecule has 3 aromatic rings. The Balaban J connectivity index is 2.01. The molecule has 1 heterocycles. The number of benzene rings is 2. The molecule has 0 unspecified atom stereocenters. The molecule has 0 aliphatic carbocycles. The van der Waals surface area contributed by atoms with Gasteiger partial charge >= 0.3 is 0 Å². The second-order valence-electron chi connectivity index (χ2n) is 4.39. The van der Waals surface area contributed by atoms with Gasteiger partial charge < -0.3 is 11.1 Å². The molecule has 2 aromatic carbocycles. The van der Waals surface area contributed by atoms with Crippen LogP contribution < -0.4 is 11.1 Å². The number of para-hydroxylation sites is 1. The van der Waals surface area contributed by atoms with Crippen LogP contribution in [0, 0.1) is 9.39 Å². The summed E-state index contributed by atoms with van der Waals surface area (Å²) in [4.78, 5) is 12.7. The van der Waals surface area contributed by atoms with Crippen LogP contribution in [0.3, 0.4) is 0 Å². The van der Waals surface area contributed by atoms with Gasteiger partial charge in [-0.3, -0.25) is 4.79 Å². The van der Waals surface area contributed by atoms with E-state index in [0.29, 0.717) is 20.7 Å². The summed E-state index contributed by atoms with van der Waals surface area (Å²) in [5.41, 5.74) is 6.84. The molecule has 3 N–H and O–H groups in total. The van der Waals surface area contributed by atoms with Gasteiger partial charge in [0.2, 0.25) is 0 Å². The van der Waals surface area contributed by atoms with Gasteiger partial charge in [0.25, 0.3) is 5.91 Å². The van der Waals surface area contributed by atoms with Gasteiger partial charge in [0.05, 0.1) is 16.8 Å². The maximum Gasteiger partial charge on any atom is 0.267 e. The summed E-state index contributed by atoms with van der Waals surface area (Å²) in [5, 5.41) is 3.12. The first-order valence-corrected chi connectivity index (χ1v) is 8.00. The van der Waals surface area contributed by atoms with Crippen LogP contribution in [0.25, 0.3) is 10.1 Å². The van der Waals surface area contributed by atoms with E-state index in [1.54, 1.807) is 12.1 Å². The lowest BCUT2D eigenvalue weighted by molar-refractivity contribution is 0.103. The first kappa shape index (κ1) is 14.3. The highest BCUT2D eigenvalue weighted by Gasteiger charge is 2.19. The number of thiophene rings is 1. The van der Waals surface area contributed by atoms with Crippen molar-refractivity contribution in [1.29, 1.82) is 0 Å². The van der Waals surface area contributed by atoms with E-state index in [-0.39, 0.29) is 11.6 Å². The van der Waals surface area contributed by atoms with E-state index in [1.807, 2.05) is 24.3 Å². The predicted molar refractivity (Wildman–Crippen MR) is 93.3 cm³/mol. The van der Waals surface area contributed by atoms with Crippen LogP contribution in [0.4, 0.5) is 15.8 Å². The summed E-state index contributed by atoms with van der Waals surface area (Å²) in [7, 11) is 0. The first-order chi connectivity index (χ1) is 10.1. The number of amides is 1. The molecule has 1 aromatic heterocycles. The molecule has 0 atom stereocenters. The molecule has 0 fully saturated rings. The highest BCUT2D eigenvalue weighted by atomic mass is 127. The number of anilines is 2. The minimum absolute atomic E-state index is 0.191. The third-order valence-electron chi connectivity index (χ3n) is 3.03. The molecule has 3 nitrogen and oxygen atoms in total. The molecule has 0 saturated carbocycles. The molecule has 106 valence electrons. The number of nitrogen functional groups attached to an aromatic ring is 1. The van der Waals surface area contributed by atoms with E-state index < -0.39 is 5.82 Å². The van der Waals surface area contributed by atoms with E-state index in [1.165, 1.54) is 17.4 Å². The highest BCUT2D eigenvalue weighted by molar-refractivity contribution is 14.1. The maximum absolute atomic E-state index is 13.8. The zero-order valence-electron chi connectivity index (χ0n) is 10.7. The molecule has 3 rings (SSSR count). The van der Waals surface area contributed by atoms with Gasteiger partial charge in [0.15, 0.2) is 0 Å². The van der Waals surface area contributed by atoms with Gasteiger partial charge in [-0.1, -0.05) is 18.2 Å². The van der Waals surface area contributed by atoms with Crippen molar-refractivity contribution in [2.24, 2.45) is 0 Å². The quantitative estimate of drug-likeness (QED) is 0.610. The molecule has 0 aliphatic rings. The average molecular weight is 412 g/mol. The molecule has 21 heavy (non-hydrogen) atoms. The van der Waals surface area contributed by atoms with E-state index in [2.05, 4.69) is 27.9 Å². The maximum atomic E-state index is 13.8. The smallest absolute Gasteiger partial charge is 0.267 e.